The molecule has 0 aliphatic heterocycles. The number of amides is 1. The topological polar surface area (TPSA) is 70.7 Å². The maximum atomic E-state index is 12.3. The molecule has 4 rings (SSSR count). The summed E-state index contributed by atoms with van der Waals surface area (Å²) in [7, 11) is 0. The first-order valence-corrected chi connectivity index (χ1v) is 10.6. The third kappa shape index (κ3) is 4.84. The van der Waals surface area contributed by atoms with Gasteiger partial charge in [0.1, 0.15) is 0 Å². The van der Waals surface area contributed by atoms with Gasteiger partial charge < -0.3 is 5.32 Å². The van der Waals surface area contributed by atoms with Gasteiger partial charge in [-0.1, -0.05) is 41.9 Å². The van der Waals surface area contributed by atoms with Crippen molar-refractivity contribution in [3.8, 4) is 21.8 Å². The van der Waals surface area contributed by atoms with Crippen LogP contribution in [-0.2, 0) is 11.2 Å². The van der Waals surface area contributed by atoms with E-state index in [1.54, 1.807) is 18.5 Å². The number of pyridine rings is 1. The first kappa shape index (κ1) is 20.1. The molecule has 0 fully saturated rings. The molecule has 0 radical (unpaired) electrons. The molecule has 0 saturated heterocycles. The highest BCUT2D eigenvalue weighted by atomic mass is 35.5. The molecule has 150 valence electrons. The van der Waals surface area contributed by atoms with Crippen molar-refractivity contribution in [2.45, 2.75) is 6.42 Å². The largest absolute Gasteiger partial charge is 0.352 e. The van der Waals surface area contributed by atoms with Gasteiger partial charge in [0.15, 0.2) is 0 Å². The average Bonchev–Trinajstić information content (AvgIpc) is 3.42. The predicted octanol–water partition coefficient (Wildman–Crippen LogP) is 5.23. The monoisotopic (exact) mass is 434 g/mol. The Morgan fingerprint density at radius 2 is 2.00 bits per heavy atom. The molecule has 0 spiro atoms. The Bertz CT molecular complexity index is 1170. The summed E-state index contributed by atoms with van der Waals surface area (Å²) in [5.41, 5.74) is 4.85. The second-order valence-electron chi connectivity index (χ2n) is 6.55. The zero-order chi connectivity index (χ0) is 20.8. The van der Waals surface area contributed by atoms with Gasteiger partial charge in [-0.15, -0.1) is 11.3 Å². The number of benzene rings is 1. The number of rotatable bonds is 7. The molecule has 0 bridgehead atoms. The number of aromatic nitrogens is 3. The number of H-pyrrole nitrogens is 1. The van der Waals surface area contributed by atoms with E-state index in [-0.39, 0.29) is 5.91 Å². The van der Waals surface area contributed by atoms with Crippen LogP contribution in [0.15, 0.2) is 73.1 Å². The summed E-state index contributed by atoms with van der Waals surface area (Å²) in [5, 5.41) is 9.97. The minimum absolute atomic E-state index is 0.151. The van der Waals surface area contributed by atoms with Gasteiger partial charge in [-0.2, -0.15) is 5.10 Å². The average molecular weight is 435 g/mol. The van der Waals surface area contributed by atoms with E-state index in [9.17, 15) is 4.79 Å². The van der Waals surface area contributed by atoms with Crippen molar-refractivity contribution in [2.24, 2.45) is 0 Å². The smallest absolute Gasteiger partial charge is 0.244 e. The molecule has 2 N–H and O–H groups in total. The van der Waals surface area contributed by atoms with Crippen LogP contribution in [0.4, 0.5) is 0 Å². The fourth-order valence-electron chi connectivity index (χ4n) is 3.12. The lowest BCUT2D eigenvalue weighted by Crippen LogP contribution is -2.23. The molecule has 30 heavy (non-hydrogen) atoms. The zero-order valence-electron chi connectivity index (χ0n) is 16.0. The van der Waals surface area contributed by atoms with Gasteiger partial charge in [-0.3, -0.25) is 14.9 Å². The Labute approximate surface area is 183 Å². The third-order valence-corrected chi connectivity index (χ3v) is 5.80. The van der Waals surface area contributed by atoms with Gasteiger partial charge in [0, 0.05) is 29.9 Å². The van der Waals surface area contributed by atoms with E-state index in [4.69, 9.17) is 11.6 Å². The van der Waals surface area contributed by atoms with Gasteiger partial charge in [-0.25, -0.2) is 0 Å². The second-order valence-corrected chi connectivity index (χ2v) is 8.27. The Kier molecular flexibility index (Phi) is 6.37. The van der Waals surface area contributed by atoms with Crippen LogP contribution in [-0.4, -0.2) is 27.6 Å². The molecule has 0 unspecified atom stereocenters. The third-order valence-electron chi connectivity index (χ3n) is 4.55. The first-order valence-electron chi connectivity index (χ1n) is 9.45. The number of carbonyl (C=O) groups excluding carboxylic acids is 1. The van der Waals surface area contributed by atoms with Gasteiger partial charge in [-0.05, 0) is 42.3 Å². The highest BCUT2D eigenvalue weighted by Gasteiger charge is 2.09. The zero-order valence-corrected chi connectivity index (χ0v) is 17.6. The van der Waals surface area contributed by atoms with Crippen molar-refractivity contribution in [2.75, 3.05) is 6.54 Å². The first-order chi connectivity index (χ1) is 14.7. The molecule has 1 amide bonds. The summed E-state index contributed by atoms with van der Waals surface area (Å²) in [6, 6.07) is 17.7. The fraction of sp³-hybridized carbons (Fsp3) is 0.0870. The molecule has 0 aliphatic rings. The van der Waals surface area contributed by atoms with Gasteiger partial charge in [0.2, 0.25) is 5.91 Å². The number of hydrogen-bond acceptors (Lipinski definition) is 4. The molecule has 0 atom stereocenters. The van der Waals surface area contributed by atoms with Crippen LogP contribution in [0.2, 0.25) is 4.34 Å². The molecule has 0 saturated carbocycles. The van der Waals surface area contributed by atoms with Crippen LogP contribution in [0.25, 0.3) is 27.9 Å². The molecular weight excluding hydrogens is 416 g/mol. The summed E-state index contributed by atoms with van der Waals surface area (Å²) in [6.45, 7) is 0.534. The van der Waals surface area contributed by atoms with Crippen molar-refractivity contribution in [3.05, 3.63) is 88.5 Å². The lowest BCUT2D eigenvalue weighted by molar-refractivity contribution is -0.116. The van der Waals surface area contributed by atoms with Gasteiger partial charge in [0.25, 0.3) is 0 Å². The van der Waals surface area contributed by atoms with E-state index >= 15 is 0 Å². The lowest BCUT2D eigenvalue weighted by atomic mass is 10.0. The molecule has 4 aromatic rings. The van der Waals surface area contributed by atoms with Crippen LogP contribution >= 0.6 is 22.9 Å². The SMILES string of the molecule is O=C(C=Cc1cn[nH]c1-c1ccc(Cl)s1)NCCc1ccccc1-c1ccccn1. The minimum Gasteiger partial charge on any atom is -0.352 e. The Morgan fingerprint density at radius 1 is 1.13 bits per heavy atom. The normalized spacial score (nSPS) is 11.1. The van der Waals surface area contributed by atoms with Crippen LogP contribution in [0.3, 0.4) is 0 Å². The van der Waals surface area contributed by atoms with Crippen molar-refractivity contribution < 1.29 is 4.79 Å². The van der Waals surface area contributed by atoms with Crippen molar-refractivity contribution in [1.82, 2.24) is 20.5 Å². The van der Waals surface area contributed by atoms with E-state index in [1.807, 2.05) is 42.5 Å². The van der Waals surface area contributed by atoms with Crippen molar-refractivity contribution in [1.29, 1.82) is 0 Å². The molecule has 3 heterocycles. The number of carbonyl (C=O) groups is 1. The number of nitrogens with zero attached hydrogens (tertiary/aromatic N) is 2. The van der Waals surface area contributed by atoms with Crippen LogP contribution in [0.1, 0.15) is 11.1 Å². The standard InChI is InChI=1S/C23H19ClN4OS/c24-21-10-9-20(30-21)23-17(15-27-28-23)8-11-22(29)26-14-12-16-5-1-2-6-18(16)19-7-3-4-13-25-19/h1-11,13,15H,12,14H2,(H,26,29)(H,27,28). The van der Waals surface area contributed by atoms with Gasteiger partial charge >= 0.3 is 0 Å². The lowest BCUT2D eigenvalue weighted by Gasteiger charge is -2.09. The number of nitrogens with one attached hydrogen (secondary N) is 2. The highest BCUT2D eigenvalue weighted by molar-refractivity contribution is 7.19. The summed E-state index contributed by atoms with van der Waals surface area (Å²) < 4.78 is 0.707. The van der Waals surface area contributed by atoms with E-state index in [0.29, 0.717) is 10.9 Å². The summed E-state index contributed by atoms with van der Waals surface area (Å²) in [6.07, 6.45) is 7.47. The van der Waals surface area contributed by atoms with Crippen LogP contribution < -0.4 is 5.32 Å². The van der Waals surface area contributed by atoms with E-state index in [1.165, 1.54) is 17.4 Å². The second kappa shape index (κ2) is 9.52. The number of thiophene rings is 1. The maximum Gasteiger partial charge on any atom is 0.244 e. The Balaban J connectivity index is 1.36. The Hall–Kier alpha value is -3.22. The molecule has 3 aromatic heterocycles. The minimum atomic E-state index is -0.151. The van der Waals surface area contributed by atoms with Crippen LogP contribution in [0, 0.1) is 0 Å². The highest BCUT2D eigenvalue weighted by Crippen LogP contribution is 2.32. The van der Waals surface area contributed by atoms with E-state index in [0.717, 1.165) is 39.4 Å². The van der Waals surface area contributed by atoms with E-state index < -0.39 is 0 Å². The van der Waals surface area contributed by atoms with Crippen LogP contribution in [0.5, 0.6) is 0 Å². The summed E-state index contributed by atoms with van der Waals surface area (Å²) >= 11 is 7.47. The number of halogens is 1. The number of aromatic amines is 1. The summed E-state index contributed by atoms with van der Waals surface area (Å²) in [5.74, 6) is -0.151. The van der Waals surface area contributed by atoms with Crippen molar-refractivity contribution >= 4 is 34.9 Å². The summed E-state index contributed by atoms with van der Waals surface area (Å²) in [4.78, 5) is 17.7. The Morgan fingerprint density at radius 3 is 2.80 bits per heavy atom. The molecule has 1 aromatic carbocycles. The molecule has 0 aliphatic carbocycles. The van der Waals surface area contributed by atoms with Gasteiger partial charge in [0.05, 0.1) is 26.8 Å². The number of hydrogen-bond donors (Lipinski definition) is 2. The predicted molar refractivity (Wildman–Crippen MR) is 122 cm³/mol. The fourth-order valence-corrected chi connectivity index (χ4v) is 4.18. The van der Waals surface area contributed by atoms with E-state index in [2.05, 4.69) is 32.6 Å². The maximum absolute atomic E-state index is 12.3. The molecule has 5 nitrogen and oxygen atoms in total. The van der Waals surface area contributed by atoms with Crippen molar-refractivity contribution in [3.63, 3.8) is 0 Å². The molecular formula is C23H19ClN4OS. The quantitative estimate of drug-likeness (QED) is 0.391. The molecule has 7 heteroatoms.